The zero-order valence-corrected chi connectivity index (χ0v) is 19.3. The Morgan fingerprint density at radius 2 is 1.88 bits per heavy atom. The maximum atomic E-state index is 13.2. The Bertz CT molecular complexity index is 1100. The summed E-state index contributed by atoms with van der Waals surface area (Å²) in [6.07, 6.45) is 10.5. The highest BCUT2D eigenvalue weighted by molar-refractivity contribution is 5.94. The fourth-order valence-corrected chi connectivity index (χ4v) is 5.02. The molecule has 5 rings (SSSR count). The third-order valence-corrected chi connectivity index (χ3v) is 6.91. The van der Waals surface area contributed by atoms with Gasteiger partial charge in [-0.05, 0) is 69.7 Å². The van der Waals surface area contributed by atoms with E-state index in [4.69, 9.17) is 4.98 Å². The fraction of sp³-hybridized carbons (Fsp3) is 0.462. The third-order valence-electron chi connectivity index (χ3n) is 6.91. The first-order valence-corrected chi connectivity index (χ1v) is 12.2. The standard InChI is InChI=1S/C26H32N6O/c1-18-7-6-10-24(28-18)29-20-11-12-22(27-17-20)19-13-15-32(16-14-19)26(33)25-21-8-4-2-3-5-9-23(21)30-31-25/h6-7,10-12,17,19H,2-5,8-9,13-16H2,1H3,(H,28,29)(H,30,31). The molecule has 0 bridgehead atoms. The number of pyridine rings is 2. The molecule has 0 saturated carbocycles. The van der Waals surface area contributed by atoms with Crippen LogP contribution in [-0.4, -0.2) is 44.1 Å². The normalized spacial score (nSPS) is 17.2. The number of aromatic amines is 1. The van der Waals surface area contributed by atoms with E-state index in [2.05, 4.69) is 32.6 Å². The van der Waals surface area contributed by atoms with Crippen LogP contribution in [0.3, 0.4) is 0 Å². The topological polar surface area (TPSA) is 86.8 Å². The van der Waals surface area contributed by atoms with Crippen molar-refractivity contribution in [2.75, 3.05) is 18.4 Å². The van der Waals surface area contributed by atoms with E-state index >= 15 is 0 Å². The minimum Gasteiger partial charge on any atom is -0.339 e. The number of anilines is 2. The Labute approximate surface area is 195 Å². The molecule has 1 saturated heterocycles. The first kappa shape index (κ1) is 21.6. The van der Waals surface area contributed by atoms with E-state index in [0.29, 0.717) is 11.6 Å². The molecule has 0 radical (unpaired) electrons. The summed E-state index contributed by atoms with van der Waals surface area (Å²) < 4.78 is 0. The number of carbonyl (C=O) groups excluding carboxylic acids is 1. The molecular weight excluding hydrogens is 412 g/mol. The average Bonchev–Trinajstić information content (AvgIpc) is 3.20. The zero-order chi connectivity index (χ0) is 22.6. The second kappa shape index (κ2) is 9.73. The van der Waals surface area contributed by atoms with Gasteiger partial charge < -0.3 is 10.2 Å². The lowest BCUT2D eigenvalue weighted by Gasteiger charge is -2.31. The van der Waals surface area contributed by atoms with Gasteiger partial charge in [-0.3, -0.25) is 14.9 Å². The summed E-state index contributed by atoms with van der Waals surface area (Å²) in [6.45, 7) is 3.48. The molecule has 7 heteroatoms. The maximum absolute atomic E-state index is 13.2. The summed E-state index contributed by atoms with van der Waals surface area (Å²) in [6, 6.07) is 10.1. The number of aromatic nitrogens is 4. The van der Waals surface area contributed by atoms with E-state index in [1.807, 2.05) is 36.2 Å². The Balaban J connectivity index is 1.19. The van der Waals surface area contributed by atoms with Crippen LogP contribution < -0.4 is 5.32 Å². The predicted octanol–water partition coefficient (Wildman–Crippen LogP) is 4.93. The Hall–Kier alpha value is -3.22. The van der Waals surface area contributed by atoms with Crippen molar-refractivity contribution in [3.63, 3.8) is 0 Å². The molecule has 3 aromatic rings. The smallest absolute Gasteiger partial charge is 0.274 e. The first-order valence-electron chi connectivity index (χ1n) is 12.2. The van der Waals surface area contributed by atoms with Gasteiger partial charge in [0.15, 0.2) is 5.69 Å². The minimum atomic E-state index is 0.0877. The molecule has 0 atom stereocenters. The van der Waals surface area contributed by atoms with Crippen molar-refractivity contribution in [3.05, 3.63) is 64.9 Å². The fourth-order valence-electron chi connectivity index (χ4n) is 5.02. The number of hydrogen-bond donors (Lipinski definition) is 2. The van der Waals surface area contributed by atoms with Crippen LogP contribution in [0.5, 0.6) is 0 Å². The van der Waals surface area contributed by atoms with Gasteiger partial charge in [-0.15, -0.1) is 0 Å². The molecule has 33 heavy (non-hydrogen) atoms. The lowest BCUT2D eigenvalue weighted by molar-refractivity contribution is 0.0705. The van der Waals surface area contributed by atoms with Gasteiger partial charge in [-0.25, -0.2) is 4.98 Å². The van der Waals surface area contributed by atoms with Crippen molar-refractivity contribution >= 4 is 17.4 Å². The molecule has 0 unspecified atom stereocenters. The molecule has 172 valence electrons. The molecule has 2 aliphatic rings. The van der Waals surface area contributed by atoms with Gasteiger partial charge in [-0.1, -0.05) is 18.9 Å². The summed E-state index contributed by atoms with van der Waals surface area (Å²) in [7, 11) is 0. The first-order chi connectivity index (χ1) is 16.2. The summed E-state index contributed by atoms with van der Waals surface area (Å²) in [5.41, 5.74) is 5.99. The number of piperidine rings is 1. The maximum Gasteiger partial charge on any atom is 0.274 e. The van der Waals surface area contributed by atoms with Gasteiger partial charge >= 0.3 is 0 Å². The number of amides is 1. The summed E-state index contributed by atoms with van der Waals surface area (Å²) in [5, 5.41) is 10.9. The lowest BCUT2D eigenvalue weighted by Crippen LogP contribution is -2.38. The van der Waals surface area contributed by atoms with E-state index in [1.165, 1.54) is 25.0 Å². The number of fused-ring (bicyclic) bond motifs is 1. The van der Waals surface area contributed by atoms with Gasteiger partial charge in [0.1, 0.15) is 5.82 Å². The van der Waals surface area contributed by atoms with Gasteiger partial charge in [-0.2, -0.15) is 5.10 Å². The summed E-state index contributed by atoms with van der Waals surface area (Å²) >= 11 is 0. The van der Waals surface area contributed by atoms with Crippen molar-refractivity contribution in [3.8, 4) is 0 Å². The Morgan fingerprint density at radius 1 is 1.06 bits per heavy atom. The highest BCUT2D eigenvalue weighted by Crippen LogP contribution is 2.29. The number of likely N-dealkylation sites (tertiary alicyclic amines) is 1. The van der Waals surface area contributed by atoms with Crippen LogP contribution in [-0.2, 0) is 12.8 Å². The van der Waals surface area contributed by atoms with Crippen molar-refractivity contribution in [1.29, 1.82) is 0 Å². The molecule has 7 nitrogen and oxygen atoms in total. The van der Waals surface area contributed by atoms with Crippen molar-refractivity contribution in [1.82, 2.24) is 25.1 Å². The molecule has 1 aliphatic carbocycles. The molecule has 1 fully saturated rings. The van der Waals surface area contributed by atoms with Crippen LogP contribution in [0.25, 0.3) is 0 Å². The number of rotatable bonds is 4. The van der Waals surface area contributed by atoms with Crippen LogP contribution in [0.1, 0.15) is 77.6 Å². The second-order valence-corrected chi connectivity index (χ2v) is 9.27. The highest BCUT2D eigenvalue weighted by atomic mass is 16.2. The van der Waals surface area contributed by atoms with Crippen molar-refractivity contribution in [2.24, 2.45) is 0 Å². The average molecular weight is 445 g/mol. The number of carbonyl (C=O) groups is 1. The van der Waals surface area contributed by atoms with E-state index in [-0.39, 0.29) is 5.91 Å². The summed E-state index contributed by atoms with van der Waals surface area (Å²) in [4.78, 5) is 24.4. The van der Waals surface area contributed by atoms with Crippen molar-refractivity contribution in [2.45, 2.75) is 64.2 Å². The second-order valence-electron chi connectivity index (χ2n) is 9.27. The van der Waals surface area contributed by atoms with Crippen LogP contribution in [0.4, 0.5) is 11.5 Å². The molecule has 4 heterocycles. The lowest BCUT2D eigenvalue weighted by atomic mass is 9.92. The van der Waals surface area contributed by atoms with Crippen LogP contribution in [0.2, 0.25) is 0 Å². The zero-order valence-electron chi connectivity index (χ0n) is 19.3. The molecule has 1 amide bonds. The largest absolute Gasteiger partial charge is 0.339 e. The monoisotopic (exact) mass is 444 g/mol. The van der Waals surface area contributed by atoms with E-state index in [9.17, 15) is 4.79 Å². The van der Waals surface area contributed by atoms with E-state index < -0.39 is 0 Å². The molecule has 3 aromatic heterocycles. The number of H-pyrrole nitrogens is 1. The number of nitrogens with one attached hydrogen (secondary N) is 2. The quantitative estimate of drug-likeness (QED) is 0.596. The van der Waals surface area contributed by atoms with E-state index in [1.54, 1.807) is 0 Å². The Kier molecular flexibility index (Phi) is 6.37. The highest BCUT2D eigenvalue weighted by Gasteiger charge is 2.29. The summed E-state index contributed by atoms with van der Waals surface area (Å²) in [5.74, 6) is 1.29. The van der Waals surface area contributed by atoms with Gasteiger partial charge in [0, 0.05) is 41.7 Å². The van der Waals surface area contributed by atoms with Crippen LogP contribution in [0.15, 0.2) is 36.5 Å². The van der Waals surface area contributed by atoms with Gasteiger partial charge in [0.2, 0.25) is 0 Å². The van der Waals surface area contributed by atoms with Crippen molar-refractivity contribution < 1.29 is 4.79 Å². The SMILES string of the molecule is Cc1cccc(Nc2ccc(C3CCN(C(=O)c4n[nH]c5c4CCCCCC5)CC3)nc2)n1. The number of nitrogens with zero attached hydrogens (tertiary/aromatic N) is 4. The van der Waals surface area contributed by atoms with Gasteiger partial charge in [0.25, 0.3) is 5.91 Å². The number of hydrogen-bond acceptors (Lipinski definition) is 5. The molecule has 0 spiro atoms. The van der Waals surface area contributed by atoms with Crippen LogP contribution >= 0.6 is 0 Å². The number of aryl methyl sites for hydroxylation is 2. The molecule has 0 aromatic carbocycles. The molecule has 1 aliphatic heterocycles. The molecule has 2 N–H and O–H groups in total. The third kappa shape index (κ3) is 4.92. The van der Waals surface area contributed by atoms with E-state index in [0.717, 1.165) is 73.7 Å². The minimum absolute atomic E-state index is 0.0877. The van der Waals surface area contributed by atoms with Crippen LogP contribution in [0, 0.1) is 6.92 Å². The Morgan fingerprint density at radius 3 is 2.64 bits per heavy atom. The molecular formula is C26H32N6O. The van der Waals surface area contributed by atoms with Gasteiger partial charge in [0.05, 0.1) is 11.9 Å². The predicted molar refractivity (Wildman–Crippen MR) is 129 cm³/mol.